The molecule has 23 heavy (non-hydrogen) atoms. The number of primary amides is 1. The van der Waals surface area contributed by atoms with Crippen molar-refractivity contribution in [3.8, 4) is 0 Å². The van der Waals surface area contributed by atoms with Crippen molar-refractivity contribution in [1.82, 2.24) is 9.78 Å². The van der Waals surface area contributed by atoms with Gasteiger partial charge in [-0.15, -0.1) is 0 Å². The maximum atomic E-state index is 13.1. The SMILES string of the molecule is NC(=O)c1ccc(Cn2nc(C(F)(F)F)c3c2CCCC3)cc1. The highest BCUT2D eigenvalue weighted by molar-refractivity contribution is 5.92. The quantitative estimate of drug-likeness (QED) is 0.944. The molecule has 1 heterocycles. The van der Waals surface area contributed by atoms with Crippen LogP contribution >= 0.6 is 0 Å². The standard InChI is InChI=1S/C16H16F3N3O/c17-16(18,19)14-12-3-1-2-4-13(12)22(21-14)9-10-5-7-11(8-6-10)15(20)23/h5-8H,1-4,9H2,(H2,20,23). The molecule has 0 aliphatic heterocycles. The molecule has 0 fully saturated rings. The second-order valence-corrected chi connectivity index (χ2v) is 5.70. The van der Waals surface area contributed by atoms with E-state index in [1.807, 2.05) is 0 Å². The first kappa shape index (κ1) is 15.6. The van der Waals surface area contributed by atoms with E-state index >= 15 is 0 Å². The molecule has 1 aliphatic carbocycles. The summed E-state index contributed by atoms with van der Waals surface area (Å²) in [5, 5.41) is 3.82. The number of alkyl halides is 3. The van der Waals surface area contributed by atoms with E-state index < -0.39 is 17.8 Å². The molecule has 1 aliphatic rings. The van der Waals surface area contributed by atoms with Gasteiger partial charge in [0.1, 0.15) is 0 Å². The summed E-state index contributed by atoms with van der Waals surface area (Å²) in [4.78, 5) is 11.1. The first-order chi connectivity index (χ1) is 10.9. The molecule has 2 N–H and O–H groups in total. The van der Waals surface area contributed by atoms with Crippen molar-refractivity contribution < 1.29 is 18.0 Å². The van der Waals surface area contributed by atoms with Crippen LogP contribution in [0.15, 0.2) is 24.3 Å². The molecule has 7 heteroatoms. The van der Waals surface area contributed by atoms with Gasteiger partial charge in [-0.1, -0.05) is 12.1 Å². The van der Waals surface area contributed by atoms with Gasteiger partial charge in [0.25, 0.3) is 0 Å². The number of nitrogens with zero attached hydrogens (tertiary/aromatic N) is 2. The molecular weight excluding hydrogens is 307 g/mol. The van der Waals surface area contributed by atoms with Gasteiger partial charge >= 0.3 is 6.18 Å². The second kappa shape index (κ2) is 5.72. The zero-order chi connectivity index (χ0) is 16.6. The Bertz CT molecular complexity index is 732. The molecule has 2 aromatic rings. The lowest BCUT2D eigenvalue weighted by Gasteiger charge is -2.14. The summed E-state index contributed by atoms with van der Waals surface area (Å²) in [6.07, 6.45) is -1.77. The highest BCUT2D eigenvalue weighted by Gasteiger charge is 2.39. The number of carbonyl (C=O) groups is 1. The molecule has 0 bridgehead atoms. The average Bonchev–Trinajstić information content (AvgIpc) is 2.87. The molecular formula is C16H16F3N3O. The fourth-order valence-corrected chi connectivity index (χ4v) is 2.98. The molecule has 0 radical (unpaired) electrons. The van der Waals surface area contributed by atoms with Gasteiger partial charge in [-0.05, 0) is 43.4 Å². The van der Waals surface area contributed by atoms with Crippen molar-refractivity contribution >= 4 is 5.91 Å². The van der Waals surface area contributed by atoms with Crippen LogP contribution < -0.4 is 5.73 Å². The van der Waals surface area contributed by atoms with Gasteiger partial charge in [-0.2, -0.15) is 18.3 Å². The molecule has 1 aromatic carbocycles. The maximum Gasteiger partial charge on any atom is 0.435 e. The second-order valence-electron chi connectivity index (χ2n) is 5.70. The molecule has 1 amide bonds. The van der Waals surface area contributed by atoms with Crippen LogP contribution in [0.1, 0.15) is 45.7 Å². The molecule has 0 saturated carbocycles. The lowest BCUT2D eigenvalue weighted by molar-refractivity contribution is -0.142. The summed E-state index contributed by atoms with van der Waals surface area (Å²) in [5.74, 6) is -0.535. The van der Waals surface area contributed by atoms with Crippen molar-refractivity contribution in [3.63, 3.8) is 0 Å². The zero-order valence-electron chi connectivity index (χ0n) is 12.4. The monoisotopic (exact) mass is 323 g/mol. The normalized spacial score (nSPS) is 14.6. The van der Waals surface area contributed by atoms with E-state index in [4.69, 9.17) is 5.73 Å². The molecule has 3 rings (SSSR count). The van der Waals surface area contributed by atoms with Crippen molar-refractivity contribution in [1.29, 1.82) is 0 Å². The molecule has 0 saturated heterocycles. The highest BCUT2D eigenvalue weighted by Crippen LogP contribution is 2.36. The summed E-state index contributed by atoms with van der Waals surface area (Å²) in [6.45, 7) is 0.247. The Morgan fingerprint density at radius 1 is 1.17 bits per heavy atom. The van der Waals surface area contributed by atoms with Crippen LogP contribution in [0.25, 0.3) is 0 Å². The summed E-state index contributed by atoms with van der Waals surface area (Å²) in [5.41, 5.74) is 6.56. The van der Waals surface area contributed by atoms with Gasteiger partial charge in [-0.3, -0.25) is 9.48 Å². The smallest absolute Gasteiger partial charge is 0.366 e. The number of nitrogens with two attached hydrogens (primary N) is 1. The topological polar surface area (TPSA) is 60.9 Å². The molecule has 0 unspecified atom stereocenters. The number of rotatable bonds is 3. The van der Waals surface area contributed by atoms with Crippen LogP contribution in [0.5, 0.6) is 0 Å². The van der Waals surface area contributed by atoms with Crippen molar-refractivity contribution in [3.05, 3.63) is 52.3 Å². The maximum absolute atomic E-state index is 13.1. The Hall–Kier alpha value is -2.31. The molecule has 0 spiro atoms. The lowest BCUT2D eigenvalue weighted by Crippen LogP contribution is -2.12. The van der Waals surface area contributed by atoms with Gasteiger partial charge in [0.15, 0.2) is 5.69 Å². The number of benzene rings is 1. The van der Waals surface area contributed by atoms with Crippen molar-refractivity contribution in [2.45, 2.75) is 38.4 Å². The van der Waals surface area contributed by atoms with Crippen LogP contribution in [0.4, 0.5) is 13.2 Å². The summed E-state index contributed by atoms with van der Waals surface area (Å²) in [6, 6.07) is 6.51. The number of amides is 1. The largest absolute Gasteiger partial charge is 0.435 e. The van der Waals surface area contributed by atoms with E-state index in [0.29, 0.717) is 29.7 Å². The van der Waals surface area contributed by atoms with Crippen LogP contribution in [0.3, 0.4) is 0 Å². The minimum Gasteiger partial charge on any atom is -0.366 e. The van der Waals surface area contributed by atoms with Crippen molar-refractivity contribution in [2.24, 2.45) is 5.73 Å². The minimum absolute atomic E-state index is 0.247. The molecule has 4 nitrogen and oxygen atoms in total. The number of hydrogen-bond acceptors (Lipinski definition) is 2. The Kier molecular flexibility index (Phi) is 3.87. The minimum atomic E-state index is -4.43. The van der Waals surface area contributed by atoms with Gasteiger partial charge in [0.05, 0.1) is 6.54 Å². The molecule has 1 aromatic heterocycles. The summed E-state index contributed by atoms with van der Waals surface area (Å²) >= 11 is 0. The van der Waals surface area contributed by atoms with E-state index in [1.165, 1.54) is 4.68 Å². The third-order valence-electron chi connectivity index (χ3n) is 4.10. The number of fused-ring (bicyclic) bond motifs is 1. The molecule has 0 atom stereocenters. The fourth-order valence-electron chi connectivity index (χ4n) is 2.98. The van der Waals surface area contributed by atoms with Gasteiger partial charge < -0.3 is 5.73 Å². The van der Waals surface area contributed by atoms with Gasteiger partial charge in [-0.25, -0.2) is 0 Å². The van der Waals surface area contributed by atoms with E-state index in [-0.39, 0.29) is 6.54 Å². The van der Waals surface area contributed by atoms with E-state index in [9.17, 15) is 18.0 Å². The molecule has 122 valence electrons. The zero-order valence-corrected chi connectivity index (χ0v) is 12.4. The highest BCUT2D eigenvalue weighted by atomic mass is 19.4. The van der Waals surface area contributed by atoms with Crippen molar-refractivity contribution in [2.75, 3.05) is 0 Å². The third kappa shape index (κ3) is 3.09. The van der Waals surface area contributed by atoms with Gasteiger partial charge in [0, 0.05) is 16.8 Å². The average molecular weight is 323 g/mol. The fraction of sp³-hybridized carbons (Fsp3) is 0.375. The van der Waals surface area contributed by atoms with Gasteiger partial charge in [0.2, 0.25) is 5.91 Å². The Morgan fingerprint density at radius 3 is 2.43 bits per heavy atom. The first-order valence-corrected chi connectivity index (χ1v) is 7.41. The van der Waals surface area contributed by atoms with E-state index in [1.54, 1.807) is 24.3 Å². The Morgan fingerprint density at radius 2 is 1.83 bits per heavy atom. The Balaban J connectivity index is 1.93. The van der Waals surface area contributed by atoms with Crippen LogP contribution in [0, 0.1) is 0 Å². The van der Waals surface area contributed by atoms with E-state index in [2.05, 4.69) is 5.10 Å². The van der Waals surface area contributed by atoms with Crippen LogP contribution in [-0.4, -0.2) is 15.7 Å². The number of halogens is 3. The summed E-state index contributed by atoms with van der Waals surface area (Å²) < 4.78 is 40.9. The third-order valence-corrected chi connectivity index (χ3v) is 4.10. The number of aromatic nitrogens is 2. The Labute approximate surface area is 131 Å². The predicted molar refractivity (Wildman–Crippen MR) is 77.9 cm³/mol. The van der Waals surface area contributed by atoms with Crippen LogP contribution in [-0.2, 0) is 25.6 Å². The summed E-state index contributed by atoms with van der Waals surface area (Å²) in [7, 11) is 0. The lowest BCUT2D eigenvalue weighted by atomic mass is 9.95. The predicted octanol–water partition coefficient (Wildman–Crippen LogP) is 2.93. The van der Waals surface area contributed by atoms with E-state index in [0.717, 1.165) is 18.4 Å². The first-order valence-electron chi connectivity index (χ1n) is 7.41. The van der Waals surface area contributed by atoms with Crippen LogP contribution in [0.2, 0.25) is 0 Å². The number of hydrogen-bond donors (Lipinski definition) is 1. The number of carbonyl (C=O) groups excluding carboxylic acids is 1.